The molecule has 0 radical (unpaired) electrons. The standard InChI is InChI=1S/C14H15N3O4/c18-8-12-9-21-6-5-16(12)14-4-1-10-7-11(17(19)20)2-3-13(10)15-14/h1-4,7,12,18H,5-6,8-9H2. The van der Waals surface area contributed by atoms with Crippen molar-refractivity contribution in [3.63, 3.8) is 0 Å². The highest BCUT2D eigenvalue weighted by atomic mass is 16.6. The maximum absolute atomic E-state index is 10.8. The number of hydrogen-bond donors (Lipinski definition) is 1. The first-order valence-corrected chi connectivity index (χ1v) is 6.69. The minimum absolute atomic E-state index is 0.0000212. The van der Waals surface area contributed by atoms with Gasteiger partial charge in [0.25, 0.3) is 5.69 Å². The molecule has 110 valence electrons. The summed E-state index contributed by atoms with van der Waals surface area (Å²) in [5, 5.41) is 20.9. The van der Waals surface area contributed by atoms with Gasteiger partial charge in [-0.2, -0.15) is 0 Å². The fraction of sp³-hybridized carbons (Fsp3) is 0.357. The molecule has 7 nitrogen and oxygen atoms in total. The number of non-ortho nitro benzene ring substituents is 1. The number of aliphatic hydroxyl groups excluding tert-OH is 1. The van der Waals surface area contributed by atoms with Crippen molar-refractivity contribution in [1.29, 1.82) is 0 Å². The summed E-state index contributed by atoms with van der Waals surface area (Å²) in [5.41, 5.74) is 0.748. The monoisotopic (exact) mass is 289 g/mol. The van der Waals surface area contributed by atoms with Crippen LogP contribution in [0.25, 0.3) is 10.9 Å². The van der Waals surface area contributed by atoms with Crippen LogP contribution in [0.4, 0.5) is 11.5 Å². The van der Waals surface area contributed by atoms with Crippen LogP contribution in [0.5, 0.6) is 0 Å². The molecule has 2 aromatic rings. The summed E-state index contributed by atoms with van der Waals surface area (Å²) in [6, 6.07) is 8.12. The number of nitro groups is 1. The number of fused-ring (bicyclic) bond motifs is 1. The average Bonchev–Trinajstić information content (AvgIpc) is 2.53. The summed E-state index contributed by atoms with van der Waals surface area (Å²) in [7, 11) is 0. The summed E-state index contributed by atoms with van der Waals surface area (Å²) < 4.78 is 5.35. The van der Waals surface area contributed by atoms with E-state index in [4.69, 9.17) is 4.74 Å². The fourth-order valence-corrected chi connectivity index (χ4v) is 2.48. The van der Waals surface area contributed by atoms with Crippen LogP contribution in [-0.2, 0) is 4.74 Å². The third-order valence-electron chi connectivity index (χ3n) is 3.60. The van der Waals surface area contributed by atoms with Crippen molar-refractivity contribution in [2.75, 3.05) is 31.3 Å². The van der Waals surface area contributed by atoms with E-state index < -0.39 is 4.92 Å². The van der Waals surface area contributed by atoms with Crippen LogP contribution in [-0.4, -0.2) is 47.4 Å². The Morgan fingerprint density at radius 1 is 1.43 bits per heavy atom. The molecule has 7 heteroatoms. The molecule has 1 aliphatic heterocycles. The molecule has 0 amide bonds. The van der Waals surface area contributed by atoms with Crippen molar-refractivity contribution in [2.45, 2.75) is 6.04 Å². The van der Waals surface area contributed by atoms with Gasteiger partial charge in [-0.25, -0.2) is 4.98 Å². The average molecular weight is 289 g/mol. The number of benzene rings is 1. The molecule has 1 aromatic carbocycles. The summed E-state index contributed by atoms with van der Waals surface area (Å²) in [6.45, 7) is 1.73. The third-order valence-corrected chi connectivity index (χ3v) is 3.60. The van der Waals surface area contributed by atoms with E-state index in [1.807, 2.05) is 17.0 Å². The molecule has 21 heavy (non-hydrogen) atoms. The zero-order valence-electron chi connectivity index (χ0n) is 11.3. The second-order valence-corrected chi connectivity index (χ2v) is 4.91. The Bertz CT molecular complexity index is 676. The highest BCUT2D eigenvalue weighted by Crippen LogP contribution is 2.24. The lowest BCUT2D eigenvalue weighted by Gasteiger charge is -2.35. The second kappa shape index (κ2) is 5.63. The van der Waals surface area contributed by atoms with E-state index in [1.165, 1.54) is 12.1 Å². The quantitative estimate of drug-likeness (QED) is 0.677. The van der Waals surface area contributed by atoms with Crippen LogP contribution < -0.4 is 4.90 Å². The summed E-state index contributed by atoms with van der Waals surface area (Å²) in [5.74, 6) is 0.749. The van der Waals surface area contributed by atoms with E-state index in [1.54, 1.807) is 6.07 Å². The van der Waals surface area contributed by atoms with Crippen molar-refractivity contribution in [1.82, 2.24) is 4.98 Å². The Labute approximate surface area is 120 Å². The van der Waals surface area contributed by atoms with Gasteiger partial charge < -0.3 is 14.7 Å². The normalized spacial score (nSPS) is 18.9. The van der Waals surface area contributed by atoms with E-state index in [0.717, 1.165) is 11.2 Å². The molecule has 1 unspecified atom stereocenters. The molecule has 1 N–H and O–H groups in total. The van der Waals surface area contributed by atoms with Crippen molar-refractivity contribution in [3.8, 4) is 0 Å². The Balaban J connectivity index is 1.97. The molecule has 0 bridgehead atoms. The van der Waals surface area contributed by atoms with Gasteiger partial charge in [0.2, 0.25) is 0 Å². The van der Waals surface area contributed by atoms with Gasteiger partial charge in [0, 0.05) is 24.1 Å². The van der Waals surface area contributed by atoms with Gasteiger partial charge in [0.05, 0.1) is 36.3 Å². The molecule has 1 fully saturated rings. The Kier molecular flexibility index (Phi) is 3.68. The molecular formula is C14H15N3O4. The Hall–Kier alpha value is -2.25. The fourth-order valence-electron chi connectivity index (χ4n) is 2.48. The number of rotatable bonds is 3. The van der Waals surface area contributed by atoms with Crippen LogP contribution in [0.1, 0.15) is 0 Å². The van der Waals surface area contributed by atoms with Crippen LogP contribution in [0.2, 0.25) is 0 Å². The maximum Gasteiger partial charge on any atom is 0.270 e. The number of anilines is 1. The predicted octanol–water partition coefficient (Wildman–Crippen LogP) is 1.34. The van der Waals surface area contributed by atoms with Crippen LogP contribution >= 0.6 is 0 Å². The third kappa shape index (κ3) is 2.65. The van der Waals surface area contributed by atoms with Gasteiger partial charge in [-0.1, -0.05) is 0 Å². The summed E-state index contributed by atoms with van der Waals surface area (Å²) in [4.78, 5) is 16.9. The smallest absolute Gasteiger partial charge is 0.270 e. The van der Waals surface area contributed by atoms with Crippen molar-refractivity contribution < 1.29 is 14.8 Å². The van der Waals surface area contributed by atoms with Crippen molar-refractivity contribution in [3.05, 3.63) is 40.4 Å². The zero-order valence-corrected chi connectivity index (χ0v) is 11.3. The van der Waals surface area contributed by atoms with Crippen LogP contribution in [0.15, 0.2) is 30.3 Å². The van der Waals surface area contributed by atoms with Gasteiger partial charge in [-0.05, 0) is 18.2 Å². The number of nitro benzene ring substituents is 1. The van der Waals surface area contributed by atoms with Gasteiger partial charge in [0.1, 0.15) is 5.82 Å². The van der Waals surface area contributed by atoms with E-state index in [2.05, 4.69) is 4.98 Å². The van der Waals surface area contributed by atoms with Crippen LogP contribution in [0.3, 0.4) is 0 Å². The molecule has 0 aliphatic carbocycles. The number of aromatic nitrogens is 1. The maximum atomic E-state index is 10.8. The topological polar surface area (TPSA) is 88.7 Å². The number of hydrogen-bond acceptors (Lipinski definition) is 6. The van der Waals surface area contributed by atoms with Gasteiger partial charge >= 0.3 is 0 Å². The molecule has 2 heterocycles. The molecule has 1 aliphatic rings. The first-order chi connectivity index (χ1) is 10.2. The molecule has 0 spiro atoms. The number of aliphatic hydroxyl groups is 1. The molecule has 1 atom stereocenters. The molecule has 1 saturated heterocycles. The van der Waals surface area contributed by atoms with E-state index in [0.29, 0.717) is 25.3 Å². The molecular weight excluding hydrogens is 274 g/mol. The number of pyridine rings is 1. The summed E-state index contributed by atoms with van der Waals surface area (Å²) in [6.07, 6.45) is 0. The first-order valence-electron chi connectivity index (χ1n) is 6.69. The highest BCUT2D eigenvalue weighted by molar-refractivity contribution is 5.82. The first kappa shape index (κ1) is 13.7. The lowest BCUT2D eigenvalue weighted by atomic mass is 10.2. The number of ether oxygens (including phenoxy) is 1. The lowest BCUT2D eigenvalue weighted by Crippen LogP contribution is -2.48. The van der Waals surface area contributed by atoms with Gasteiger partial charge in [0.15, 0.2) is 0 Å². The van der Waals surface area contributed by atoms with Crippen molar-refractivity contribution >= 4 is 22.4 Å². The number of nitrogens with zero attached hydrogens (tertiary/aromatic N) is 3. The summed E-state index contributed by atoms with van der Waals surface area (Å²) >= 11 is 0. The molecule has 0 saturated carbocycles. The minimum Gasteiger partial charge on any atom is -0.394 e. The highest BCUT2D eigenvalue weighted by Gasteiger charge is 2.23. The van der Waals surface area contributed by atoms with E-state index >= 15 is 0 Å². The lowest BCUT2D eigenvalue weighted by molar-refractivity contribution is -0.384. The van der Waals surface area contributed by atoms with E-state index in [9.17, 15) is 15.2 Å². The molecule has 3 rings (SSSR count). The van der Waals surface area contributed by atoms with E-state index in [-0.39, 0.29) is 18.3 Å². The van der Waals surface area contributed by atoms with Crippen LogP contribution in [0, 0.1) is 10.1 Å². The zero-order chi connectivity index (χ0) is 14.8. The molecule has 1 aromatic heterocycles. The van der Waals surface area contributed by atoms with Gasteiger partial charge in [-0.15, -0.1) is 0 Å². The van der Waals surface area contributed by atoms with Gasteiger partial charge in [-0.3, -0.25) is 10.1 Å². The second-order valence-electron chi connectivity index (χ2n) is 4.91. The SMILES string of the molecule is O=[N+]([O-])c1ccc2nc(N3CCOCC3CO)ccc2c1. The largest absolute Gasteiger partial charge is 0.394 e. The number of morpholine rings is 1. The Morgan fingerprint density at radius 2 is 2.29 bits per heavy atom. The predicted molar refractivity (Wildman–Crippen MR) is 77.4 cm³/mol. The Morgan fingerprint density at radius 3 is 3.05 bits per heavy atom. The van der Waals surface area contributed by atoms with Crippen molar-refractivity contribution in [2.24, 2.45) is 0 Å². The minimum atomic E-state index is -0.420.